The number of fused-ring (bicyclic) bond motifs is 6. The Labute approximate surface area is 264 Å². The zero-order valence-electron chi connectivity index (χ0n) is 26.3. The Morgan fingerprint density at radius 2 is 1.04 bits per heavy atom. The molecule has 46 heavy (non-hydrogen) atoms. The first kappa shape index (κ1) is 29.2. The summed E-state index contributed by atoms with van der Waals surface area (Å²) in [5.41, 5.74) is 4.38. The van der Waals surface area contributed by atoms with Crippen molar-refractivity contribution in [2.24, 2.45) is 5.92 Å². The molecule has 1 atom stereocenters. The van der Waals surface area contributed by atoms with E-state index in [1.54, 1.807) is 18.2 Å². The van der Waals surface area contributed by atoms with E-state index in [9.17, 15) is 19.2 Å². The second-order valence-electron chi connectivity index (χ2n) is 12.6. The molecule has 0 aliphatic heterocycles. The van der Waals surface area contributed by atoms with Crippen LogP contribution in [0.1, 0.15) is 37.9 Å². The molecular weight excluding hydrogens is 574 g/mol. The quantitative estimate of drug-likeness (QED) is 0.211. The van der Waals surface area contributed by atoms with Gasteiger partial charge in [0.15, 0.2) is 0 Å². The third-order valence-electron chi connectivity index (χ3n) is 9.27. The highest BCUT2D eigenvalue weighted by Crippen LogP contribution is 2.39. The van der Waals surface area contributed by atoms with E-state index in [0.717, 1.165) is 33.8 Å². The number of hydrogen-bond donors (Lipinski definition) is 1. The van der Waals surface area contributed by atoms with Crippen LogP contribution in [0.4, 0.5) is 17.1 Å². The number of aryl methyl sites for hydroxylation is 2. The van der Waals surface area contributed by atoms with Crippen molar-refractivity contribution in [2.75, 3.05) is 4.90 Å². The van der Waals surface area contributed by atoms with Gasteiger partial charge in [-0.05, 0) is 92.4 Å². The minimum Gasteiger partial charge on any atom is -0.311 e. The maximum atomic E-state index is 14.5. The molecule has 5 aromatic carbocycles. The predicted molar refractivity (Wildman–Crippen MR) is 188 cm³/mol. The Hall–Kier alpha value is -5.56. The van der Waals surface area contributed by atoms with Gasteiger partial charge in [-0.2, -0.15) is 0 Å². The molecule has 1 N–H and O–H groups in total. The van der Waals surface area contributed by atoms with E-state index in [1.165, 1.54) is 4.57 Å². The first-order valence-electron chi connectivity index (χ1n) is 15.5. The minimum absolute atomic E-state index is 0.0104. The fourth-order valence-corrected chi connectivity index (χ4v) is 6.44. The molecule has 0 spiro atoms. The summed E-state index contributed by atoms with van der Waals surface area (Å²) in [4.78, 5) is 59.4. The Balaban J connectivity index is 1.52. The van der Waals surface area contributed by atoms with Crippen molar-refractivity contribution in [3.8, 4) is 11.1 Å². The molecule has 0 saturated carbocycles. The van der Waals surface area contributed by atoms with Crippen LogP contribution in [0.3, 0.4) is 0 Å². The third-order valence-corrected chi connectivity index (χ3v) is 9.27. The minimum atomic E-state index is -0.591. The van der Waals surface area contributed by atoms with E-state index >= 15 is 0 Å². The van der Waals surface area contributed by atoms with Gasteiger partial charge < -0.3 is 4.90 Å². The molecule has 4 heterocycles. The first-order chi connectivity index (χ1) is 22.0. The van der Waals surface area contributed by atoms with Crippen molar-refractivity contribution in [1.82, 2.24) is 9.55 Å². The summed E-state index contributed by atoms with van der Waals surface area (Å²) in [7, 11) is 0. The summed E-state index contributed by atoms with van der Waals surface area (Å²) in [6.45, 7) is 9.88. The SMILES string of the molecule is Cc1ccc(N(c2ccc(C)cc2)c2ccc(-c3cc4c(=O)n(C(C)C(C)C)c(=O)c3c3c5ccc(c(=O)[nH]c5=O)c43)cc2)cc1. The maximum absolute atomic E-state index is 14.5. The van der Waals surface area contributed by atoms with Crippen LogP contribution < -0.4 is 27.1 Å². The van der Waals surface area contributed by atoms with Crippen molar-refractivity contribution in [1.29, 1.82) is 0 Å². The summed E-state index contributed by atoms with van der Waals surface area (Å²) < 4.78 is 1.29. The second-order valence-corrected chi connectivity index (χ2v) is 12.6. The molecule has 0 fully saturated rings. The number of nitrogens with zero attached hydrogens (tertiary/aromatic N) is 2. The van der Waals surface area contributed by atoms with Crippen LogP contribution in [0.5, 0.6) is 0 Å². The van der Waals surface area contributed by atoms with Gasteiger partial charge in [0.05, 0.1) is 5.39 Å². The average Bonchev–Trinajstić information content (AvgIpc) is 3.35. The normalized spacial score (nSPS) is 12.5. The van der Waals surface area contributed by atoms with Gasteiger partial charge in [-0.25, -0.2) is 0 Å². The van der Waals surface area contributed by atoms with Crippen molar-refractivity contribution in [3.63, 3.8) is 0 Å². The summed E-state index contributed by atoms with van der Waals surface area (Å²) in [6, 6.07) is 28.9. The van der Waals surface area contributed by atoms with Gasteiger partial charge in [0.1, 0.15) is 0 Å². The van der Waals surface area contributed by atoms with E-state index in [0.29, 0.717) is 16.3 Å². The van der Waals surface area contributed by atoms with Crippen molar-refractivity contribution < 1.29 is 0 Å². The lowest BCUT2D eigenvalue weighted by molar-refractivity contribution is 0.394. The van der Waals surface area contributed by atoms with Crippen LogP contribution in [0.15, 0.2) is 110 Å². The maximum Gasteiger partial charge on any atom is 0.262 e. The highest BCUT2D eigenvalue weighted by molar-refractivity contribution is 6.25. The highest BCUT2D eigenvalue weighted by Gasteiger charge is 2.25. The molecule has 0 aliphatic carbocycles. The molecule has 0 radical (unpaired) electrons. The van der Waals surface area contributed by atoms with E-state index in [-0.39, 0.29) is 27.5 Å². The molecule has 9 aromatic rings. The molecular formula is C39H33N3O4. The van der Waals surface area contributed by atoms with Crippen LogP contribution in [-0.2, 0) is 0 Å². The van der Waals surface area contributed by atoms with Crippen LogP contribution in [0.2, 0.25) is 0 Å². The molecule has 0 aliphatic rings. The lowest BCUT2D eigenvalue weighted by Gasteiger charge is -2.26. The topological polar surface area (TPSA) is 92.2 Å². The molecule has 0 saturated heterocycles. The van der Waals surface area contributed by atoms with Gasteiger partial charge in [0.25, 0.3) is 22.2 Å². The lowest BCUT2D eigenvalue weighted by atomic mass is 9.92. The summed E-state index contributed by atoms with van der Waals surface area (Å²) in [6.07, 6.45) is 0. The fraction of sp³-hybridized carbons (Fsp3) is 0.179. The monoisotopic (exact) mass is 607 g/mol. The molecule has 7 nitrogen and oxygen atoms in total. The van der Waals surface area contributed by atoms with Crippen molar-refractivity contribution in [3.05, 3.63) is 144 Å². The predicted octanol–water partition coefficient (Wildman–Crippen LogP) is 7.56. The summed E-state index contributed by atoms with van der Waals surface area (Å²) in [5.74, 6) is -0.0104. The number of aromatic amines is 1. The van der Waals surface area contributed by atoms with Gasteiger partial charge >= 0.3 is 0 Å². The largest absolute Gasteiger partial charge is 0.311 e. The first-order valence-corrected chi connectivity index (χ1v) is 15.5. The zero-order chi connectivity index (χ0) is 32.4. The second kappa shape index (κ2) is 10.8. The Bertz CT molecular complexity index is 2450. The van der Waals surface area contributed by atoms with Crippen molar-refractivity contribution in [2.45, 2.75) is 40.7 Å². The van der Waals surface area contributed by atoms with E-state index in [4.69, 9.17) is 0 Å². The third kappa shape index (κ3) is 4.50. The number of anilines is 3. The van der Waals surface area contributed by atoms with Crippen LogP contribution in [0, 0.1) is 19.8 Å². The molecule has 9 rings (SSSR count). The number of hydrogen-bond acceptors (Lipinski definition) is 5. The highest BCUT2D eigenvalue weighted by atomic mass is 16.2. The van der Waals surface area contributed by atoms with E-state index in [1.807, 2.05) is 45.0 Å². The number of H-pyrrole nitrogens is 1. The van der Waals surface area contributed by atoms with Gasteiger partial charge in [0, 0.05) is 50.0 Å². The zero-order valence-corrected chi connectivity index (χ0v) is 26.3. The van der Waals surface area contributed by atoms with E-state index < -0.39 is 28.3 Å². The van der Waals surface area contributed by atoms with Crippen molar-refractivity contribution >= 4 is 49.4 Å². The van der Waals surface area contributed by atoms with Gasteiger partial charge in [-0.15, -0.1) is 0 Å². The summed E-state index contributed by atoms with van der Waals surface area (Å²) >= 11 is 0. The lowest BCUT2D eigenvalue weighted by Crippen LogP contribution is -2.34. The smallest absolute Gasteiger partial charge is 0.262 e. The van der Waals surface area contributed by atoms with Gasteiger partial charge in [-0.3, -0.25) is 28.7 Å². The molecule has 7 heteroatoms. The summed E-state index contributed by atoms with van der Waals surface area (Å²) in [5, 5.41) is 1.58. The van der Waals surface area contributed by atoms with Crippen LogP contribution in [0.25, 0.3) is 43.4 Å². The molecule has 4 aromatic heterocycles. The Morgan fingerprint density at radius 3 is 1.54 bits per heavy atom. The standard InChI is InChI=1S/C39H33N3O4/c1-21(2)24(5)41-38(45)32-20-31(35(39(41)46)34-30-19-18-29(33(32)34)36(43)40-37(30)44)25-10-16-28(17-11-25)42(26-12-6-22(3)7-13-26)27-14-8-23(4)9-15-27/h6-21,24H,1-5H3,(H,40,43,44). The number of aromatic nitrogens is 2. The van der Waals surface area contributed by atoms with Gasteiger partial charge in [0.2, 0.25) is 0 Å². The van der Waals surface area contributed by atoms with Crippen LogP contribution in [-0.4, -0.2) is 9.55 Å². The molecule has 1 unspecified atom stereocenters. The van der Waals surface area contributed by atoms with E-state index in [2.05, 4.69) is 72.3 Å². The van der Waals surface area contributed by atoms with Gasteiger partial charge in [-0.1, -0.05) is 61.4 Å². The Kier molecular flexibility index (Phi) is 6.85. The van der Waals surface area contributed by atoms with Crippen LogP contribution >= 0.6 is 0 Å². The number of nitrogens with one attached hydrogen (secondary N) is 1. The number of benzene rings is 5. The average molecular weight is 608 g/mol. The number of rotatable bonds is 6. The molecule has 228 valence electrons. The molecule has 0 amide bonds. The fourth-order valence-electron chi connectivity index (χ4n) is 6.44. The molecule has 4 bridgehead atoms. The Morgan fingerprint density at radius 1 is 0.565 bits per heavy atom.